The van der Waals surface area contributed by atoms with Crippen LogP contribution in [0.3, 0.4) is 0 Å². The number of carbonyl (C=O) groups excluding carboxylic acids is 1. The van der Waals surface area contributed by atoms with Crippen LogP contribution < -0.4 is 9.62 Å². The third-order valence-electron chi connectivity index (χ3n) is 4.18. The Hall–Kier alpha value is -2.34. The summed E-state index contributed by atoms with van der Waals surface area (Å²) in [4.78, 5) is 13.4. The molecular weight excluding hydrogens is 324 g/mol. The fourth-order valence-electron chi connectivity index (χ4n) is 2.86. The van der Waals surface area contributed by atoms with E-state index in [1.54, 1.807) is 36.2 Å². The van der Waals surface area contributed by atoms with Gasteiger partial charge in [0.2, 0.25) is 5.91 Å². The van der Waals surface area contributed by atoms with Gasteiger partial charge in [-0.1, -0.05) is 25.5 Å². The summed E-state index contributed by atoms with van der Waals surface area (Å²) < 4.78 is 27.7. The van der Waals surface area contributed by atoms with Crippen LogP contribution in [0.5, 0.6) is 0 Å². The van der Waals surface area contributed by atoms with Crippen molar-refractivity contribution in [3.8, 4) is 0 Å². The molecule has 3 rings (SSSR count). The highest BCUT2D eigenvalue weighted by molar-refractivity contribution is 7.92. The summed E-state index contributed by atoms with van der Waals surface area (Å²) in [6, 6.07) is 12.2. The van der Waals surface area contributed by atoms with Crippen LogP contribution in [0.15, 0.2) is 47.4 Å². The van der Waals surface area contributed by atoms with Crippen LogP contribution >= 0.6 is 0 Å². The van der Waals surface area contributed by atoms with E-state index >= 15 is 0 Å². The zero-order valence-corrected chi connectivity index (χ0v) is 14.6. The maximum atomic E-state index is 12.6. The smallest absolute Gasteiger partial charge is 0.261 e. The van der Waals surface area contributed by atoms with Crippen molar-refractivity contribution in [1.82, 2.24) is 0 Å². The standard InChI is InChI=1S/C18H20N2O3S/c1-3-4-13-5-7-15(8-6-13)19-24(22,23)16-9-10-17-14(11-16)12-18(21)20(17)2/h5-11,19H,3-4,12H2,1-2H3. The Morgan fingerprint density at radius 1 is 1.12 bits per heavy atom. The Labute approximate surface area is 142 Å². The molecule has 0 spiro atoms. The number of nitrogens with one attached hydrogen (secondary N) is 1. The topological polar surface area (TPSA) is 66.5 Å². The fraction of sp³-hybridized carbons (Fsp3) is 0.278. The summed E-state index contributed by atoms with van der Waals surface area (Å²) in [5, 5.41) is 0. The van der Waals surface area contributed by atoms with Crippen molar-refractivity contribution in [1.29, 1.82) is 0 Å². The highest BCUT2D eigenvalue weighted by atomic mass is 32.2. The molecule has 0 fully saturated rings. The lowest BCUT2D eigenvalue weighted by Gasteiger charge is -2.12. The first-order chi connectivity index (χ1) is 11.4. The number of hydrogen-bond acceptors (Lipinski definition) is 3. The first kappa shape index (κ1) is 16.5. The van der Waals surface area contributed by atoms with Crippen LogP contribution in [0.4, 0.5) is 11.4 Å². The Balaban J connectivity index is 1.83. The molecule has 0 saturated heterocycles. The lowest BCUT2D eigenvalue weighted by atomic mass is 10.1. The van der Waals surface area contributed by atoms with Gasteiger partial charge < -0.3 is 4.90 Å². The molecule has 24 heavy (non-hydrogen) atoms. The van der Waals surface area contributed by atoms with Crippen molar-refractivity contribution < 1.29 is 13.2 Å². The van der Waals surface area contributed by atoms with E-state index in [4.69, 9.17) is 0 Å². The SMILES string of the molecule is CCCc1ccc(NS(=O)(=O)c2ccc3c(c2)CC(=O)N3C)cc1. The molecule has 0 aliphatic carbocycles. The van der Waals surface area contributed by atoms with Crippen LogP contribution in [0.1, 0.15) is 24.5 Å². The second-order valence-corrected chi connectivity index (χ2v) is 7.65. The maximum Gasteiger partial charge on any atom is 0.261 e. The highest BCUT2D eigenvalue weighted by Gasteiger charge is 2.26. The van der Waals surface area contributed by atoms with E-state index in [1.165, 1.54) is 11.6 Å². The second-order valence-electron chi connectivity index (χ2n) is 5.97. The van der Waals surface area contributed by atoms with Crippen LogP contribution in [0.25, 0.3) is 0 Å². The molecule has 0 saturated carbocycles. The van der Waals surface area contributed by atoms with Crippen LogP contribution in [0.2, 0.25) is 0 Å². The van der Waals surface area contributed by atoms with Gasteiger partial charge in [-0.3, -0.25) is 9.52 Å². The first-order valence-corrected chi connectivity index (χ1v) is 9.40. The average Bonchev–Trinajstić information content (AvgIpc) is 2.83. The summed E-state index contributed by atoms with van der Waals surface area (Å²) in [6.07, 6.45) is 2.26. The molecule has 1 amide bonds. The minimum absolute atomic E-state index is 0.0287. The molecular formula is C18H20N2O3S. The van der Waals surface area contributed by atoms with Crippen molar-refractivity contribution >= 4 is 27.3 Å². The fourth-order valence-corrected chi connectivity index (χ4v) is 3.96. The zero-order chi connectivity index (χ0) is 17.3. The first-order valence-electron chi connectivity index (χ1n) is 7.92. The molecule has 0 unspecified atom stereocenters. The number of nitrogens with zero attached hydrogens (tertiary/aromatic N) is 1. The average molecular weight is 344 g/mol. The second kappa shape index (κ2) is 6.28. The van der Waals surface area contributed by atoms with Gasteiger partial charge in [0.15, 0.2) is 0 Å². The number of sulfonamides is 1. The number of carbonyl (C=O) groups is 1. The van der Waals surface area contributed by atoms with Crippen LogP contribution in [-0.4, -0.2) is 21.4 Å². The van der Waals surface area contributed by atoms with Crippen LogP contribution in [0, 0.1) is 0 Å². The summed E-state index contributed by atoms with van der Waals surface area (Å²) in [5.74, 6) is -0.0287. The molecule has 1 N–H and O–H groups in total. The number of amides is 1. The molecule has 0 atom stereocenters. The Kier molecular flexibility index (Phi) is 4.32. The molecule has 2 aromatic rings. The molecule has 1 aliphatic rings. The minimum Gasteiger partial charge on any atom is -0.315 e. The summed E-state index contributed by atoms with van der Waals surface area (Å²) >= 11 is 0. The van der Waals surface area contributed by atoms with Gasteiger partial charge in [-0.15, -0.1) is 0 Å². The lowest BCUT2D eigenvalue weighted by molar-refractivity contribution is -0.117. The monoisotopic (exact) mass is 344 g/mol. The van der Waals surface area contributed by atoms with Gasteiger partial charge in [0, 0.05) is 18.4 Å². The molecule has 1 aliphatic heterocycles. The van der Waals surface area contributed by atoms with E-state index < -0.39 is 10.0 Å². The zero-order valence-electron chi connectivity index (χ0n) is 13.7. The van der Waals surface area contributed by atoms with E-state index in [2.05, 4.69) is 11.6 Å². The summed E-state index contributed by atoms with van der Waals surface area (Å²) in [5.41, 5.74) is 3.22. The van der Waals surface area contributed by atoms with E-state index in [-0.39, 0.29) is 17.2 Å². The molecule has 2 aromatic carbocycles. The lowest BCUT2D eigenvalue weighted by Crippen LogP contribution is -2.20. The predicted octanol–water partition coefficient (Wildman–Crippen LogP) is 2.96. The number of hydrogen-bond donors (Lipinski definition) is 1. The Morgan fingerprint density at radius 3 is 2.50 bits per heavy atom. The highest BCUT2D eigenvalue weighted by Crippen LogP contribution is 2.30. The van der Waals surface area contributed by atoms with Crippen molar-refractivity contribution in [2.75, 3.05) is 16.7 Å². The van der Waals surface area contributed by atoms with Gasteiger partial charge >= 0.3 is 0 Å². The van der Waals surface area contributed by atoms with Gasteiger partial charge in [0.05, 0.1) is 11.3 Å². The van der Waals surface area contributed by atoms with E-state index in [0.29, 0.717) is 5.69 Å². The van der Waals surface area contributed by atoms with Gasteiger partial charge in [0.1, 0.15) is 0 Å². The summed E-state index contributed by atoms with van der Waals surface area (Å²) in [7, 11) is -1.98. The molecule has 5 nitrogen and oxygen atoms in total. The molecule has 126 valence electrons. The van der Waals surface area contributed by atoms with Crippen molar-refractivity contribution in [3.05, 3.63) is 53.6 Å². The van der Waals surface area contributed by atoms with Crippen molar-refractivity contribution in [2.45, 2.75) is 31.1 Å². The number of benzene rings is 2. The minimum atomic E-state index is -3.67. The van der Waals surface area contributed by atoms with E-state index in [0.717, 1.165) is 24.1 Å². The Morgan fingerprint density at radius 2 is 1.83 bits per heavy atom. The Bertz CT molecular complexity index is 874. The molecule has 0 bridgehead atoms. The quantitative estimate of drug-likeness (QED) is 0.907. The number of rotatable bonds is 5. The van der Waals surface area contributed by atoms with Crippen molar-refractivity contribution in [3.63, 3.8) is 0 Å². The van der Waals surface area contributed by atoms with Gasteiger partial charge in [-0.25, -0.2) is 8.42 Å². The largest absolute Gasteiger partial charge is 0.315 e. The molecule has 1 heterocycles. The van der Waals surface area contributed by atoms with Gasteiger partial charge in [-0.05, 0) is 47.9 Å². The predicted molar refractivity (Wildman–Crippen MR) is 94.8 cm³/mol. The number of likely N-dealkylation sites (N-methyl/N-ethyl adjacent to an activating group) is 1. The summed E-state index contributed by atoms with van der Waals surface area (Å²) in [6.45, 7) is 2.10. The third-order valence-corrected chi connectivity index (χ3v) is 5.56. The molecule has 0 radical (unpaired) electrons. The normalized spacial score (nSPS) is 13.9. The van der Waals surface area contributed by atoms with Gasteiger partial charge in [-0.2, -0.15) is 0 Å². The van der Waals surface area contributed by atoms with Gasteiger partial charge in [0.25, 0.3) is 10.0 Å². The number of aryl methyl sites for hydroxylation is 1. The van der Waals surface area contributed by atoms with E-state index in [9.17, 15) is 13.2 Å². The molecule has 0 aromatic heterocycles. The maximum absolute atomic E-state index is 12.6. The molecule has 6 heteroatoms. The number of anilines is 2. The third kappa shape index (κ3) is 3.14. The van der Waals surface area contributed by atoms with Crippen LogP contribution in [-0.2, 0) is 27.7 Å². The number of fused-ring (bicyclic) bond motifs is 1. The van der Waals surface area contributed by atoms with E-state index in [1.807, 2.05) is 12.1 Å². The van der Waals surface area contributed by atoms with Crippen molar-refractivity contribution in [2.24, 2.45) is 0 Å².